The second kappa shape index (κ2) is 12.7. The first-order chi connectivity index (χ1) is 11.8. The molecule has 144 valence electrons. The van der Waals surface area contributed by atoms with E-state index in [1.165, 1.54) is 28.3 Å². The molecule has 9 nitrogen and oxygen atoms in total. The summed E-state index contributed by atoms with van der Waals surface area (Å²) in [7, 11) is 1.66. The number of carbonyl (C=O) groups is 3. The Kier molecular flexibility index (Phi) is 11.9. The number of rotatable bonds is 14. The number of esters is 2. The highest BCUT2D eigenvalue weighted by Gasteiger charge is 2.37. The van der Waals surface area contributed by atoms with Gasteiger partial charge in [-0.05, 0) is 6.92 Å². The minimum absolute atomic E-state index is 0.0406. The van der Waals surface area contributed by atoms with Crippen LogP contribution < -0.4 is 5.32 Å². The van der Waals surface area contributed by atoms with E-state index in [-0.39, 0.29) is 50.1 Å². The Morgan fingerprint density at radius 3 is 2.04 bits per heavy atom. The average Bonchev–Trinajstić information content (AvgIpc) is 2.60. The second-order valence-electron chi connectivity index (χ2n) is 5.07. The maximum atomic E-state index is 11.7. The Hall–Kier alpha value is -1.59. The second-order valence-corrected chi connectivity index (χ2v) is 8.02. The van der Waals surface area contributed by atoms with Crippen molar-refractivity contribution in [1.82, 2.24) is 5.32 Å². The van der Waals surface area contributed by atoms with E-state index in [0.29, 0.717) is 0 Å². The van der Waals surface area contributed by atoms with Gasteiger partial charge in [-0.25, -0.2) is 4.79 Å². The molecule has 0 aliphatic rings. The maximum Gasteiger partial charge on any atom is 0.514 e. The number of hydrogen-bond donors (Lipinski definition) is 1. The zero-order valence-electron chi connectivity index (χ0n) is 15.2. The van der Waals surface area contributed by atoms with Gasteiger partial charge in [-0.15, -0.1) is 0 Å². The summed E-state index contributed by atoms with van der Waals surface area (Å²) in [5.74, 6) is -1.23. The van der Waals surface area contributed by atoms with E-state index in [1.807, 2.05) is 0 Å². The van der Waals surface area contributed by atoms with E-state index >= 15 is 0 Å². The molecule has 0 heterocycles. The van der Waals surface area contributed by atoms with E-state index in [4.69, 9.17) is 22.8 Å². The molecular formula is C15H27NO8Si. The first-order valence-electron chi connectivity index (χ1n) is 7.66. The molecule has 0 rings (SSSR count). The highest BCUT2D eigenvalue weighted by atomic mass is 28.4. The van der Waals surface area contributed by atoms with Crippen molar-refractivity contribution in [2.45, 2.75) is 19.8 Å². The van der Waals surface area contributed by atoms with Crippen molar-refractivity contribution >= 4 is 26.5 Å². The molecule has 0 fully saturated rings. The van der Waals surface area contributed by atoms with Gasteiger partial charge in [-0.3, -0.25) is 9.59 Å². The molecule has 0 radical (unpaired) electrons. The van der Waals surface area contributed by atoms with Crippen LogP contribution in [0.3, 0.4) is 0 Å². The van der Waals surface area contributed by atoms with Crippen molar-refractivity contribution in [1.29, 1.82) is 0 Å². The van der Waals surface area contributed by atoms with Gasteiger partial charge in [0.05, 0.1) is 19.1 Å². The van der Waals surface area contributed by atoms with Gasteiger partial charge < -0.3 is 28.1 Å². The minimum Gasteiger partial charge on any atom is -0.462 e. The van der Waals surface area contributed by atoms with Gasteiger partial charge in [0.15, 0.2) is 0 Å². The third-order valence-electron chi connectivity index (χ3n) is 3.13. The number of ketones is 1. The minimum atomic E-state index is -2.77. The molecule has 0 spiro atoms. The summed E-state index contributed by atoms with van der Waals surface area (Å²) < 4.78 is 25.3. The van der Waals surface area contributed by atoms with Crippen LogP contribution in [0.4, 0.5) is 0 Å². The lowest BCUT2D eigenvalue weighted by Gasteiger charge is -2.24. The van der Waals surface area contributed by atoms with E-state index in [9.17, 15) is 14.4 Å². The number of carbonyl (C=O) groups excluding carboxylic acids is 3. The summed E-state index contributed by atoms with van der Waals surface area (Å²) in [4.78, 5) is 34.3. The molecule has 0 unspecified atom stereocenters. The van der Waals surface area contributed by atoms with Gasteiger partial charge in [0, 0.05) is 33.3 Å². The lowest BCUT2D eigenvalue weighted by atomic mass is 10.2. The first-order valence-corrected chi connectivity index (χ1v) is 9.59. The van der Waals surface area contributed by atoms with Gasteiger partial charge >= 0.3 is 20.7 Å². The molecule has 0 saturated carbocycles. The molecular weight excluding hydrogens is 350 g/mol. The van der Waals surface area contributed by atoms with Gasteiger partial charge in [0.1, 0.15) is 19.0 Å². The van der Waals surface area contributed by atoms with E-state index in [0.717, 1.165) is 0 Å². The van der Waals surface area contributed by atoms with Gasteiger partial charge in [0.2, 0.25) is 0 Å². The summed E-state index contributed by atoms with van der Waals surface area (Å²) in [6.45, 7) is 4.90. The Bertz CT molecular complexity index is 456. The normalized spacial score (nSPS) is 11.0. The maximum absolute atomic E-state index is 11.7. The Morgan fingerprint density at radius 2 is 1.52 bits per heavy atom. The number of hydrogen-bond acceptors (Lipinski definition) is 9. The third kappa shape index (κ3) is 10.1. The molecule has 0 saturated heterocycles. The fourth-order valence-corrected chi connectivity index (χ4v) is 3.00. The third-order valence-corrected chi connectivity index (χ3v) is 5.68. The molecule has 0 aromatic carbocycles. The molecule has 10 heteroatoms. The fraction of sp³-hybridized carbons (Fsp3) is 0.667. The topological polar surface area (TPSA) is 109 Å². The van der Waals surface area contributed by atoms with Crippen LogP contribution >= 0.6 is 0 Å². The smallest absolute Gasteiger partial charge is 0.462 e. The Labute approximate surface area is 149 Å². The summed E-state index contributed by atoms with van der Waals surface area (Å²) in [5, 5.41) is 2.90. The fourth-order valence-electron chi connectivity index (χ4n) is 1.64. The van der Waals surface area contributed by atoms with Crippen molar-refractivity contribution in [3.05, 3.63) is 12.2 Å². The van der Waals surface area contributed by atoms with E-state index in [1.54, 1.807) is 0 Å². The van der Waals surface area contributed by atoms with Crippen molar-refractivity contribution in [2.24, 2.45) is 0 Å². The zero-order chi connectivity index (χ0) is 19.3. The zero-order valence-corrected chi connectivity index (χ0v) is 16.2. The molecule has 0 aromatic heterocycles. The van der Waals surface area contributed by atoms with Crippen LogP contribution in [0.25, 0.3) is 0 Å². The quantitative estimate of drug-likeness (QED) is 0.194. The number of Topliss-reactive ketones (excluding diaryl/α,β-unsaturated/α-hetero) is 1. The van der Waals surface area contributed by atoms with Crippen LogP contribution in [-0.2, 0) is 37.1 Å². The molecule has 0 aromatic rings. The number of nitrogens with one attached hydrogen (secondary N) is 1. The first kappa shape index (κ1) is 23.4. The molecule has 1 N–H and O–H groups in total. The summed E-state index contributed by atoms with van der Waals surface area (Å²) in [6, 6.07) is 0. The van der Waals surface area contributed by atoms with Crippen molar-refractivity contribution < 1.29 is 37.1 Å². The van der Waals surface area contributed by atoms with Gasteiger partial charge in [-0.2, -0.15) is 0 Å². The van der Waals surface area contributed by atoms with Crippen molar-refractivity contribution in [2.75, 3.05) is 47.3 Å². The molecule has 0 aliphatic heterocycles. The predicted octanol–water partition coefficient (Wildman–Crippen LogP) is 0.00510. The molecule has 0 atom stereocenters. The Balaban J connectivity index is 3.86. The van der Waals surface area contributed by atoms with Crippen molar-refractivity contribution in [3.8, 4) is 0 Å². The van der Waals surface area contributed by atoms with Crippen LogP contribution in [0.1, 0.15) is 19.8 Å². The lowest BCUT2D eigenvalue weighted by Crippen LogP contribution is -2.52. The van der Waals surface area contributed by atoms with Crippen LogP contribution in [0.5, 0.6) is 0 Å². The number of ether oxygens (including phenoxy) is 2. The molecule has 0 aliphatic carbocycles. The van der Waals surface area contributed by atoms with Crippen LogP contribution in [-0.4, -0.2) is 73.8 Å². The monoisotopic (exact) mass is 377 g/mol. The lowest BCUT2D eigenvalue weighted by molar-refractivity contribution is -0.150. The van der Waals surface area contributed by atoms with Crippen LogP contribution in [0, 0.1) is 0 Å². The van der Waals surface area contributed by atoms with E-state index < -0.39 is 20.7 Å². The SMILES string of the molecule is C=C(C)C(=O)OCCOC(=O)CCC(=O)CNC[Si](OC)(OC)OC. The standard InChI is InChI=1S/C15H27NO8Si/c1-12(2)15(19)24-9-8-23-14(18)7-6-13(17)10-16-11-25(20-3,21-4)22-5/h16H,1,6-11H2,2-5H3. The molecule has 25 heavy (non-hydrogen) atoms. The summed E-state index contributed by atoms with van der Waals surface area (Å²) in [5.41, 5.74) is 0.270. The van der Waals surface area contributed by atoms with Crippen LogP contribution in [0.15, 0.2) is 12.2 Å². The highest BCUT2D eigenvalue weighted by Crippen LogP contribution is 2.03. The largest absolute Gasteiger partial charge is 0.514 e. The van der Waals surface area contributed by atoms with Gasteiger partial charge in [-0.1, -0.05) is 6.58 Å². The van der Waals surface area contributed by atoms with Crippen LogP contribution in [0.2, 0.25) is 0 Å². The van der Waals surface area contributed by atoms with Crippen molar-refractivity contribution in [3.63, 3.8) is 0 Å². The van der Waals surface area contributed by atoms with E-state index in [2.05, 4.69) is 11.9 Å². The summed E-state index contributed by atoms with van der Waals surface area (Å²) in [6.07, 6.45) is 0.274. The highest BCUT2D eigenvalue weighted by molar-refractivity contribution is 6.60. The molecule has 0 amide bonds. The Morgan fingerprint density at radius 1 is 0.960 bits per heavy atom. The molecule has 0 bridgehead atoms. The average molecular weight is 377 g/mol. The van der Waals surface area contributed by atoms with Gasteiger partial charge in [0.25, 0.3) is 0 Å². The predicted molar refractivity (Wildman–Crippen MR) is 90.6 cm³/mol. The summed E-state index contributed by atoms with van der Waals surface area (Å²) >= 11 is 0.